The van der Waals surface area contributed by atoms with Crippen LogP contribution >= 0.6 is 0 Å². The number of hydrazone groups is 1. The molecule has 0 aromatic heterocycles. The maximum Gasteiger partial charge on any atom is 0.427 e. The summed E-state index contributed by atoms with van der Waals surface area (Å²) in [6.07, 6.45) is 3.01. The molecule has 1 amide bonds. The molecule has 2 aliphatic carbocycles. The lowest BCUT2D eigenvalue weighted by Crippen LogP contribution is -2.34. The standard InChI is InChI=1S/C13H22N2O2/c1-5-17-11(16)15-14-10-8-9-6-7-13(10,4)12(9,2)3/h9H,5-8H2,1-4H3,(H,15,16)/b14-10-/t9-,13+/m1/s1. The van der Waals surface area contributed by atoms with E-state index in [2.05, 4.69) is 31.3 Å². The van der Waals surface area contributed by atoms with Gasteiger partial charge in [-0.05, 0) is 37.5 Å². The Balaban J connectivity index is 2.10. The van der Waals surface area contributed by atoms with Crippen LogP contribution in [0, 0.1) is 16.7 Å². The van der Waals surface area contributed by atoms with Crippen LogP contribution in [0.3, 0.4) is 0 Å². The van der Waals surface area contributed by atoms with Gasteiger partial charge in [-0.2, -0.15) is 5.10 Å². The Hall–Kier alpha value is -1.06. The fourth-order valence-electron chi connectivity index (χ4n) is 3.37. The topological polar surface area (TPSA) is 50.7 Å². The lowest BCUT2D eigenvalue weighted by Gasteiger charge is -2.34. The molecule has 4 nitrogen and oxygen atoms in total. The molecule has 2 saturated carbocycles. The molecule has 2 fully saturated rings. The minimum atomic E-state index is -0.454. The molecule has 4 heteroatoms. The highest BCUT2D eigenvalue weighted by Gasteiger charge is 2.59. The van der Waals surface area contributed by atoms with Crippen molar-refractivity contribution in [3.8, 4) is 0 Å². The molecule has 0 aromatic rings. The van der Waals surface area contributed by atoms with E-state index in [-0.39, 0.29) is 5.41 Å². The van der Waals surface area contributed by atoms with Crippen LogP contribution in [0.15, 0.2) is 5.10 Å². The fourth-order valence-corrected chi connectivity index (χ4v) is 3.37. The van der Waals surface area contributed by atoms with Crippen molar-refractivity contribution in [2.45, 2.75) is 47.0 Å². The zero-order valence-electron chi connectivity index (χ0n) is 11.2. The number of rotatable bonds is 2. The second-order valence-corrected chi connectivity index (χ2v) is 5.88. The van der Waals surface area contributed by atoms with Gasteiger partial charge in [0.1, 0.15) is 0 Å². The van der Waals surface area contributed by atoms with Crippen LogP contribution in [0.2, 0.25) is 0 Å². The van der Waals surface area contributed by atoms with E-state index in [0.717, 1.165) is 12.1 Å². The minimum absolute atomic E-state index is 0.136. The number of hydrogen-bond donors (Lipinski definition) is 1. The first-order valence-electron chi connectivity index (χ1n) is 6.41. The molecule has 2 rings (SSSR count). The number of carbonyl (C=O) groups excluding carboxylic acids is 1. The summed E-state index contributed by atoms with van der Waals surface area (Å²) in [4.78, 5) is 11.2. The van der Waals surface area contributed by atoms with Crippen molar-refractivity contribution < 1.29 is 9.53 Å². The highest BCUT2D eigenvalue weighted by Crippen LogP contribution is 2.63. The van der Waals surface area contributed by atoms with E-state index in [4.69, 9.17) is 4.74 Å². The molecule has 0 aliphatic heterocycles. The first-order valence-corrected chi connectivity index (χ1v) is 6.41. The quantitative estimate of drug-likeness (QED) is 0.752. The van der Waals surface area contributed by atoms with Gasteiger partial charge in [0, 0.05) is 11.1 Å². The summed E-state index contributed by atoms with van der Waals surface area (Å²) in [6.45, 7) is 9.07. The molecule has 1 N–H and O–H groups in total. The molecular weight excluding hydrogens is 216 g/mol. The predicted octanol–water partition coefficient (Wildman–Crippen LogP) is 2.93. The first-order chi connectivity index (χ1) is 7.91. The second kappa shape index (κ2) is 4.00. The van der Waals surface area contributed by atoms with Crippen molar-refractivity contribution in [1.29, 1.82) is 0 Å². The van der Waals surface area contributed by atoms with Gasteiger partial charge in [0.25, 0.3) is 0 Å². The number of nitrogens with one attached hydrogen (secondary N) is 1. The molecule has 0 spiro atoms. The van der Waals surface area contributed by atoms with Gasteiger partial charge in [-0.25, -0.2) is 10.2 Å². The number of amides is 1. The van der Waals surface area contributed by atoms with Gasteiger partial charge in [0.15, 0.2) is 0 Å². The van der Waals surface area contributed by atoms with Crippen molar-refractivity contribution in [2.24, 2.45) is 21.8 Å². The maximum absolute atomic E-state index is 11.2. The van der Waals surface area contributed by atoms with Crippen molar-refractivity contribution in [2.75, 3.05) is 6.61 Å². The monoisotopic (exact) mass is 238 g/mol. The van der Waals surface area contributed by atoms with Crippen molar-refractivity contribution in [3.63, 3.8) is 0 Å². The van der Waals surface area contributed by atoms with Crippen molar-refractivity contribution in [3.05, 3.63) is 0 Å². The Morgan fingerprint density at radius 3 is 2.71 bits per heavy atom. The third-order valence-corrected chi connectivity index (χ3v) is 5.07. The van der Waals surface area contributed by atoms with Crippen LogP contribution in [0.25, 0.3) is 0 Å². The summed E-state index contributed by atoms with van der Waals surface area (Å²) in [7, 11) is 0. The summed E-state index contributed by atoms with van der Waals surface area (Å²) in [5, 5.41) is 4.28. The average molecular weight is 238 g/mol. The Labute approximate surface area is 103 Å². The summed E-state index contributed by atoms with van der Waals surface area (Å²) in [6, 6.07) is 0. The molecule has 0 aromatic carbocycles. The zero-order chi connectivity index (χ0) is 12.7. The van der Waals surface area contributed by atoms with Crippen LogP contribution in [0.1, 0.15) is 47.0 Å². The van der Waals surface area contributed by atoms with Crippen molar-refractivity contribution in [1.82, 2.24) is 5.43 Å². The smallest absolute Gasteiger partial charge is 0.427 e. The number of ether oxygens (including phenoxy) is 1. The highest BCUT2D eigenvalue weighted by molar-refractivity contribution is 5.94. The number of carbonyl (C=O) groups is 1. The molecule has 17 heavy (non-hydrogen) atoms. The van der Waals surface area contributed by atoms with Crippen molar-refractivity contribution >= 4 is 11.8 Å². The van der Waals surface area contributed by atoms with E-state index in [1.807, 2.05) is 0 Å². The van der Waals surface area contributed by atoms with E-state index in [0.29, 0.717) is 17.9 Å². The van der Waals surface area contributed by atoms with Gasteiger partial charge < -0.3 is 4.74 Å². The third-order valence-electron chi connectivity index (χ3n) is 5.07. The predicted molar refractivity (Wildman–Crippen MR) is 66.8 cm³/mol. The average Bonchev–Trinajstić information content (AvgIpc) is 2.59. The molecule has 0 heterocycles. The lowest BCUT2D eigenvalue weighted by atomic mass is 9.70. The molecule has 0 unspecified atom stereocenters. The van der Waals surface area contributed by atoms with Crippen LogP contribution in [0.4, 0.5) is 4.79 Å². The molecule has 0 radical (unpaired) electrons. The summed E-state index contributed by atoms with van der Waals surface area (Å²) >= 11 is 0. The summed E-state index contributed by atoms with van der Waals surface area (Å²) in [5.74, 6) is 0.704. The van der Waals surface area contributed by atoms with E-state index in [9.17, 15) is 4.79 Å². The first kappa shape index (κ1) is 12.4. The molecule has 0 saturated heterocycles. The molecule has 2 bridgehead atoms. The maximum atomic E-state index is 11.2. The van der Waals surface area contributed by atoms with Gasteiger partial charge in [-0.3, -0.25) is 0 Å². The van der Waals surface area contributed by atoms with E-state index >= 15 is 0 Å². The van der Waals surface area contributed by atoms with Gasteiger partial charge in [-0.15, -0.1) is 0 Å². The zero-order valence-corrected chi connectivity index (χ0v) is 11.2. The van der Waals surface area contributed by atoms with Crippen LogP contribution in [-0.4, -0.2) is 18.4 Å². The normalized spacial score (nSPS) is 36.2. The molecular formula is C13H22N2O2. The number of hydrogen-bond acceptors (Lipinski definition) is 3. The summed E-state index contributed by atoms with van der Waals surface area (Å²) in [5.41, 5.74) is 4.06. The van der Waals surface area contributed by atoms with Gasteiger partial charge >= 0.3 is 6.09 Å². The van der Waals surface area contributed by atoms with E-state index in [1.165, 1.54) is 12.8 Å². The van der Waals surface area contributed by atoms with Gasteiger partial charge in [0.05, 0.1) is 6.61 Å². The van der Waals surface area contributed by atoms with Crippen LogP contribution in [0.5, 0.6) is 0 Å². The number of fused-ring (bicyclic) bond motifs is 2. The minimum Gasteiger partial charge on any atom is -0.449 e. The largest absolute Gasteiger partial charge is 0.449 e. The molecule has 2 atom stereocenters. The van der Waals surface area contributed by atoms with E-state index < -0.39 is 6.09 Å². The summed E-state index contributed by atoms with van der Waals surface area (Å²) < 4.78 is 4.81. The Kier molecular flexibility index (Phi) is 2.92. The Morgan fingerprint density at radius 1 is 1.53 bits per heavy atom. The SMILES string of the molecule is CCOC(=O)N/N=C1/C[C@H]2CC[C@]1(C)C2(C)C. The highest BCUT2D eigenvalue weighted by atomic mass is 16.5. The van der Waals surface area contributed by atoms with Gasteiger partial charge in [0.2, 0.25) is 0 Å². The van der Waals surface area contributed by atoms with E-state index in [1.54, 1.807) is 6.92 Å². The van der Waals surface area contributed by atoms with Crippen LogP contribution in [-0.2, 0) is 4.74 Å². The van der Waals surface area contributed by atoms with Crippen LogP contribution < -0.4 is 5.43 Å². The Morgan fingerprint density at radius 2 is 2.24 bits per heavy atom. The Bertz CT molecular complexity index is 362. The lowest BCUT2D eigenvalue weighted by molar-refractivity contribution is 0.152. The number of nitrogens with zero attached hydrogens (tertiary/aromatic N) is 1. The molecule has 2 aliphatic rings. The fraction of sp³-hybridized carbons (Fsp3) is 0.846. The van der Waals surface area contributed by atoms with Gasteiger partial charge in [-0.1, -0.05) is 20.8 Å². The third kappa shape index (κ3) is 1.74. The molecule has 96 valence electrons. The second-order valence-electron chi connectivity index (χ2n) is 5.88.